The number of fused-ring (bicyclic) bond motifs is 1. The summed E-state index contributed by atoms with van der Waals surface area (Å²) in [5, 5.41) is 6.47. The Labute approximate surface area is 188 Å². The molecule has 0 bridgehead atoms. The van der Waals surface area contributed by atoms with Gasteiger partial charge in [0.25, 0.3) is 5.91 Å². The maximum Gasteiger partial charge on any atom is 0.470 e. The van der Waals surface area contributed by atoms with E-state index in [4.69, 9.17) is 9.15 Å². The van der Waals surface area contributed by atoms with Gasteiger partial charge in [-0.15, -0.1) is 10.2 Å². The average Bonchev–Trinajstić information content (AvgIpc) is 3.07. The van der Waals surface area contributed by atoms with Gasteiger partial charge in [0.1, 0.15) is 5.75 Å². The minimum Gasteiger partial charge on any atom is -0.480 e. The zero-order valence-corrected chi connectivity index (χ0v) is 18.4. The van der Waals surface area contributed by atoms with Crippen molar-refractivity contribution in [1.29, 1.82) is 0 Å². The summed E-state index contributed by atoms with van der Waals surface area (Å²) in [6, 6.07) is 2.90. The number of aromatic nitrogens is 2. The van der Waals surface area contributed by atoms with Crippen molar-refractivity contribution in [1.82, 2.24) is 15.1 Å². The molecule has 0 spiro atoms. The van der Waals surface area contributed by atoms with Gasteiger partial charge in [0, 0.05) is 19.3 Å². The molecule has 2 heterocycles. The van der Waals surface area contributed by atoms with Gasteiger partial charge < -0.3 is 14.1 Å². The number of amides is 1. The molecule has 1 saturated carbocycles. The van der Waals surface area contributed by atoms with Gasteiger partial charge in [-0.25, -0.2) is 8.42 Å². The normalized spacial score (nSPS) is 23.5. The number of sulfone groups is 1. The second-order valence-corrected chi connectivity index (χ2v) is 10.4. The summed E-state index contributed by atoms with van der Waals surface area (Å²) in [6.45, 7) is 0.653. The number of likely N-dealkylation sites (tertiary alicyclic amines) is 1. The maximum atomic E-state index is 13.2. The molecule has 1 aliphatic heterocycles. The van der Waals surface area contributed by atoms with E-state index in [-0.39, 0.29) is 29.8 Å². The van der Waals surface area contributed by atoms with Crippen molar-refractivity contribution in [2.75, 3.05) is 19.3 Å². The first-order valence-corrected chi connectivity index (χ1v) is 11.7. The molecule has 0 N–H and O–H groups in total. The maximum absolute atomic E-state index is 13.2. The van der Waals surface area contributed by atoms with Crippen LogP contribution in [0.15, 0.2) is 27.5 Å². The van der Waals surface area contributed by atoms with E-state index < -0.39 is 56.8 Å². The molecule has 1 aromatic carbocycles. The second-order valence-electron chi connectivity index (χ2n) is 8.38. The lowest BCUT2D eigenvalue weighted by atomic mass is 10.1. The molecule has 3 atom stereocenters. The SMILES string of the molecule is C[C@@H](Oc1ccc(S(C)(=O)=O)cc1C(=O)N1CC2C[C@]2(c2nnc(C(F)(F)F)o2)C1)C(F)(F)F. The van der Waals surface area contributed by atoms with Crippen LogP contribution in [0.5, 0.6) is 5.75 Å². The molecule has 2 aromatic rings. The Morgan fingerprint density at radius 2 is 1.91 bits per heavy atom. The van der Waals surface area contributed by atoms with Gasteiger partial charge in [-0.05, 0) is 37.5 Å². The number of benzene rings is 1. The van der Waals surface area contributed by atoms with Crippen LogP contribution in [0, 0.1) is 5.92 Å². The van der Waals surface area contributed by atoms with Crippen molar-refractivity contribution in [3.8, 4) is 5.75 Å². The molecule has 1 aliphatic carbocycles. The molecule has 34 heavy (non-hydrogen) atoms. The van der Waals surface area contributed by atoms with Crippen LogP contribution in [-0.2, 0) is 21.4 Å². The Bertz CT molecular complexity index is 1240. The third-order valence-corrected chi connectivity index (χ3v) is 7.01. The third kappa shape index (κ3) is 4.32. The summed E-state index contributed by atoms with van der Waals surface area (Å²) in [7, 11) is -3.81. The molecule has 15 heteroatoms. The second kappa shape index (κ2) is 7.58. The minimum absolute atomic E-state index is 0.0555. The molecule has 2 aliphatic rings. The van der Waals surface area contributed by atoms with Gasteiger partial charge in [-0.3, -0.25) is 4.79 Å². The van der Waals surface area contributed by atoms with Crippen LogP contribution in [0.3, 0.4) is 0 Å². The lowest BCUT2D eigenvalue weighted by Gasteiger charge is -2.24. The number of nitrogens with zero attached hydrogens (tertiary/aromatic N) is 3. The van der Waals surface area contributed by atoms with Crippen LogP contribution in [0.2, 0.25) is 0 Å². The standard InChI is InChI=1S/C19H17F6N3O5S/c1-9(18(20,21)22)32-13-4-3-11(34(2,30)31)5-12(13)14(29)28-7-10-6-17(10,8-28)15-26-27-16(33-15)19(23,24)25/h3-5,9-10H,6-8H2,1-2H3/t9-,10?,17+/m1/s1. The topological polar surface area (TPSA) is 103 Å². The highest BCUT2D eigenvalue weighted by atomic mass is 32.2. The van der Waals surface area contributed by atoms with Crippen LogP contribution in [0.4, 0.5) is 26.3 Å². The summed E-state index contributed by atoms with van der Waals surface area (Å²) < 4.78 is 111. The molecule has 4 rings (SSSR count). The van der Waals surface area contributed by atoms with Crippen LogP contribution >= 0.6 is 0 Å². The van der Waals surface area contributed by atoms with Crippen molar-refractivity contribution in [2.45, 2.75) is 42.1 Å². The highest BCUT2D eigenvalue weighted by Crippen LogP contribution is 2.59. The van der Waals surface area contributed by atoms with E-state index in [9.17, 15) is 39.6 Å². The molecule has 1 unspecified atom stereocenters. The molecule has 1 amide bonds. The number of rotatable bonds is 5. The monoisotopic (exact) mass is 513 g/mol. The Balaban J connectivity index is 1.63. The molecule has 1 aromatic heterocycles. The van der Waals surface area contributed by atoms with Gasteiger partial charge in [-0.1, -0.05) is 0 Å². The number of piperidine rings is 1. The molecule has 2 fully saturated rings. The number of hydrogen-bond donors (Lipinski definition) is 0. The molecule has 8 nitrogen and oxygen atoms in total. The highest BCUT2D eigenvalue weighted by molar-refractivity contribution is 7.90. The molecular weight excluding hydrogens is 496 g/mol. The lowest BCUT2D eigenvalue weighted by Crippen LogP contribution is -2.35. The van der Waals surface area contributed by atoms with Gasteiger partial charge in [0.2, 0.25) is 5.89 Å². The number of carbonyl (C=O) groups is 1. The summed E-state index contributed by atoms with van der Waals surface area (Å²) in [6.07, 6.45) is -10.6. The lowest BCUT2D eigenvalue weighted by molar-refractivity contribution is -0.189. The first-order valence-electron chi connectivity index (χ1n) is 9.80. The van der Waals surface area contributed by atoms with E-state index in [1.165, 1.54) is 4.90 Å². The van der Waals surface area contributed by atoms with E-state index in [0.717, 1.165) is 31.4 Å². The first-order chi connectivity index (χ1) is 15.5. The summed E-state index contributed by atoms with van der Waals surface area (Å²) in [5.74, 6) is -3.42. The fourth-order valence-corrected chi connectivity index (χ4v) is 4.59. The van der Waals surface area contributed by atoms with Crippen LogP contribution in [0.1, 0.15) is 35.5 Å². The van der Waals surface area contributed by atoms with Gasteiger partial charge in [-0.2, -0.15) is 26.3 Å². The first kappa shape index (κ1) is 24.3. The minimum atomic E-state index is -4.84. The quantitative estimate of drug-likeness (QED) is 0.566. The fraction of sp³-hybridized carbons (Fsp3) is 0.526. The van der Waals surface area contributed by atoms with Crippen LogP contribution in [-0.4, -0.2) is 61.0 Å². The predicted octanol–water partition coefficient (Wildman–Crippen LogP) is 3.24. The van der Waals surface area contributed by atoms with Crippen molar-refractivity contribution < 1.29 is 48.7 Å². The zero-order valence-electron chi connectivity index (χ0n) is 17.6. The number of carbonyl (C=O) groups excluding carboxylic acids is 1. The number of alkyl halides is 6. The zero-order chi connectivity index (χ0) is 25.3. The summed E-state index contributed by atoms with van der Waals surface area (Å²) in [5.41, 5.74) is -1.42. The van der Waals surface area contributed by atoms with Crippen LogP contribution in [0.25, 0.3) is 0 Å². The number of hydrogen-bond acceptors (Lipinski definition) is 7. The smallest absolute Gasteiger partial charge is 0.470 e. The Hall–Kier alpha value is -2.84. The predicted molar refractivity (Wildman–Crippen MR) is 101 cm³/mol. The van der Waals surface area contributed by atoms with E-state index >= 15 is 0 Å². The van der Waals surface area contributed by atoms with Gasteiger partial charge in [0.05, 0.1) is 15.9 Å². The molecule has 0 radical (unpaired) electrons. The van der Waals surface area contributed by atoms with Crippen molar-refractivity contribution in [3.63, 3.8) is 0 Å². The van der Waals surface area contributed by atoms with Crippen molar-refractivity contribution in [2.24, 2.45) is 5.92 Å². The van der Waals surface area contributed by atoms with Crippen molar-refractivity contribution in [3.05, 3.63) is 35.5 Å². The number of halogens is 6. The molecule has 1 saturated heterocycles. The average molecular weight is 513 g/mol. The summed E-state index contributed by atoms with van der Waals surface area (Å²) in [4.78, 5) is 14.1. The highest BCUT2D eigenvalue weighted by Gasteiger charge is 2.65. The third-order valence-electron chi connectivity index (χ3n) is 5.90. The van der Waals surface area contributed by atoms with E-state index in [1.807, 2.05) is 0 Å². The van der Waals surface area contributed by atoms with Crippen LogP contribution < -0.4 is 4.74 Å². The largest absolute Gasteiger partial charge is 0.480 e. The van der Waals surface area contributed by atoms with Crippen molar-refractivity contribution >= 4 is 15.7 Å². The molecule has 186 valence electrons. The van der Waals surface area contributed by atoms with E-state index in [0.29, 0.717) is 6.42 Å². The van der Waals surface area contributed by atoms with Gasteiger partial charge >= 0.3 is 18.2 Å². The number of ether oxygens (including phenoxy) is 1. The fourth-order valence-electron chi connectivity index (χ4n) is 3.95. The Kier molecular flexibility index (Phi) is 5.42. The van der Waals surface area contributed by atoms with E-state index in [1.54, 1.807) is 0 Å². The van der Waals surface area contributed by atoms with Gasteiger partial charge in [0.15, 0.2) is 15.9 Å². The Morgan fingerprint density at radius 1 is 1.24 bits per heavy atom. The van der Waals surface area contributed by atoms with E-state index in [2.05, 4.69) is 10.2 Å². The Morgan fingerprint density at radius 3 is 2.47 bits per heavy atom. The summed E-state index contributed by atoms with van der Waals surface area (Å²) >= 11 is 0. The molecular formula is C19H17F6N3O5S.